The maximum absolute atomic E-state index is 11.1. The van der Waals surface area contributed by atoms with Gasteiger partial charge in [0.05, 0.1) is 5.41 Å². The van der Waals surface area contributed by atoms with Gasteiger partial charge in [-0.1, -0.05) is 84.9 Å². The third-order valence-electron chi connectivity index (χ3n) is 9.46. The van der Waals surface area contributed by atoms with Gasteiger partial charge in [-0.3, -0.25) is 0 Å². The van der Waals surface area contributed by atoms with E-state index in [2.05, 4.69) is 94.3 Å². The third kappa shape index (κ3) is 3.73. The van der Waals surface area contributed by atoms with Crippen molar-refractivity contribution in [2.75, 3.05) is 0 Å². The summed E-state index contributed by atoms with van der Waals surface area (Å²) in [6.45, 7) is 0. The largest absolute Gasteiger partial charge is 0.507 e. The van der Waals surface area contributed by atoms with Crippen LogP contribution in [0.5, 0.6) is 11.5 Å². The van der Waals surface area contributed by atoms with E-state index in [9.17, 15) is 10.2 Å². The zero-order valence-corrected chi connectivity index (χ0v) is 25.7. The molecular formula is C41H26O2S2. The molecule has 0 saturated heterocycles. The first-order chi connectivity index (χ1) is 22.1. The molecule has 45 heavy (non-hydrogen) atoms. The molecule has 0 bridgehead atoms. The summed E-state index contributed by atoms with van der Waals surface area (Å²) in [5.74, 6) is 0.523. The molecule has 0 aliphatic heterocycles. The average Bonchev–Trinajstić information content (AvgIpc) is 3.87. The lowest BCUT2D eigenvalue weighted by Crippen LogP contribution is -2.29. The highest BCUT2D eigenvalue weighted by Crippen LogP contribution is 2.60. The maximum Gasteiger partial charge on any atom is 0.123 e. The molecule has 0 saturated carbocycles. The summed E-state index contributed by atoms with van der Waals surface area (Å²) in [5.41, 5.74) is 10.9. The molecule has 0 fully saturated rings. The Kier molecular flexibility index (Phi) is 5.79. The van der Waals surface area contributed by atoms with Gasteiger partial charge in [0.1, 0.15) is 11.5 Å². The zero-order chi connectivity index (χ0) is 30.1. The van der Waals surface area contributed by atoms with Crippen molar-refractivity contribution in [1.29, 1.82) is 0 Å². The highest BCUT2D eigenvalue weighted by atomic mass is 32.1. The lowest BCUT2D eigenvalue weighted by molar-refractivity contribution is 0.481. The van der Waals surface area contributed by atoms with Crippen molar-refractivity contribution in [3.05, 3.63) is 165 Å². The molecule has 1 aliphatic carbocycles. The third-order valence-corrected chi connectivity index (χ3v) is 10.8. The summed E-state index contributed by atoms with van der Waals surface area (Å²) < 4.78 is 0. The van der Waals surface area contributed by atoms with Gasteiger partial charge in [-0.15, -0.1) is 0 Å². The van der Waals surface area contributed by atoms with Crippen molar-refractivity contribution in [3.8, 4) is 44.9 Å². The molecular weight excluding hydrogens is 589 g/mol. The number of fused-ring (bicyclic) bond motifs is 5. The van der Waals surface area contributed by atoms with Crippen LogP contribution in [0.2, 0.25) is 0 Å². The van der Waals surface area contributed by atoms with Gasteiger partial charge in [-0.25, -0.2) is 0 Å². The van der Waals surface area contributed by atoms with Gasteiger partial charge in [-0.2, -0.15) is 22.7 Å². The number of hydrogen-bond donors (Lipinski definition) is 2. The SMILES string of the molecule is Oc1ccc(C2(c3ccc(O)c4ccccc34)c3cc(-c4ccsc4)ccc3-c3ccc(-c4ccsc4)cc32)c2ccccc12. The Morgan fingerprint density at radius 2 is 0.844 bits per heavy atom. The van der Waals surface area contributed by atoms with Crippen molar-refractivity contribution in [1.82, 2.24) is 0 Å². The van der Waals surface area contributed by atoms with Crippen LogP contribution in [0, 0.1) is 0 Å². The minimum absolute atomic E-state index is 0.262. The van der Waals surface area contributed by atoms with Gasteiger partial charge >= 0.3 is 0 Å². The number of phenols is 2. The molecule has 0 spiro atoms. The smallest absolute Gasteiger partial charge is 0.123 e. The first-order valence-corrected chi connectivity index (χ1v) is 16.8. The summed E-state index contributed by atoms with van der Waals surface area (Å²) in [6, 6.07) is 42.3. The van der Waals surface area contributed by atoms with Crippen molar-refractivity contribution in [2.24, 2.45) is 0 Å². The zero-order valence-electron chi connectivity index (χ0n) is 24.1. The molecule has 2 heterocycles. The van der Waals surface area contributed by atoms with Crippen LogP contribution in [0.15, 0.2) is 143 Å². The summed E-state index contributed by atoms with van der Waals surface area (Å²) >= 11 is 3.40. The number of hydrogen-bond acceptors (Lipinski definition) is 4. The number of benzene rings is 6. The van der Waals surface area contributed by atoms with E-state index in [0.29, 0.717) is 0 Å². The van der Waals surface area contributed by atoms with E-state index < -0.39 is 5.41 Å². The summed E-state index contributed by atoms with van der Waals surface area (Å²) in [4.78, 5) is 0. The molecule has 6 aromatic carbocycles. The van der Waals surface area contributed by atoms with Crippen molar-refractivity contribution >= 4 is 44.2 Å². The molecule has 9 rings (SSSR count). The van der Waals surface area contributed by atoms with Crippen LogP contribution < -0.4 is 0 Å². The second-order valence-electron chi connectivity index (χ2n) is 11.7. The molecule has 4 heteroatoms. The highest BCUT2D eigenvalue weighted by molar-refractivity contribution is 7.08. The molecule has 0 unspecified atom stereocenters. The Morgan fingerprint density at radius 1 is 0.400 bits per heavy atom. The maximum atomic E-state index is 11.1. The van der Waals surface area contributed by atoms with E-state index in [-0.39, 0.29) is 11.5 Å². The fraction of sp³-hybridized carbons (Fsp3) is 0.0244. The standard InChI is InChI=1S/C41H26O2S2/c42-39-15-13-35(29-5-1-3-7-33(29)39)41(36-14-16-40(43)34-8-4-2-6-30(34)36)37-21-25(27-17-19-44-23-27)9-11-31(37)32-12-10-26(22-38(32)41)28-18-20-45-24-28/h1-24,42-43H. The van der Waals surface area contributed by atoms with E-state index >= 15 is 0 Å². The van der Waals surface area contributed by atoms with Gasteiger partial charge in [0.25, 0.3) is 0 Å². The molecule has 2 nitrogen and oxygen atoms in total. The Morgan fingerprint density at radius 3 is 1.27 bits per heavy atom. The average molecular weight is 615 g/mol. The van der Waals surface area contributed by atoms with Crippen LogP contribution in [-0.2, 0) is 5.41 Å². The van der Waals surface area contributed by atoms with Crippen molar-refractivity contribution in [2.45, 2.75) is 5.41 Å². The van der Waals surface area contributed by atoms with E-state index in [4.69, 9.17) is 0 Å². The van der Waals surface area contributed by atoms with Crippen LogP contribution in [0.25, 0.3) is 54.9 Å². The molecule has 0 radical (unpaired) electrons. The van der Waals surface area contributed by atoms with Gasteiger partial charge in [0, 0.05) is 10.8 Å². The summed E-state index contributed by atoms with van der Waals surface area (Å²) in [7, 11) is 0. The quantitative estimate of drug-likeness (QED) is 0.207. The van der Waals surface area contributed by atoms with Gasteiger partial charge < -0.3 is 10.2 Å². The van der Waals surface area contributed by atoms with E-state index in [1.807, 2.05) is 48.5 Å². The Bertz CT molecular complexity index is 2230. The first kappa shape index (κ1) is 26.3. The summed E-state index contributed by atoms with van der Waals surface area (Å²) in [6.07, 6.45) is 0. The second-order valence-corrected chi connectivity index (χ2v) is 13.2. The Balaban J connectivity index is 1.52. The first-order valence-electron chi connectivity index (χ1n) is 14.9. The van der Waals surface area contributed by atoms with Crippen LogP contribution in [-0.4, -0.2) is 10.2 Å². The Labute approximate surface area is 268 Å². The normalized spacial score (nSPS) is 13.2. The van der Waals surface area contributed by atoms with E-state index in [0.717, 1.165) is 43.8 Å². The Hall–Kier alpha value is -5.16. The fourth-order valence-corrected chi connectivity index (χ4v) is 8.82. The number of aromatic hydroxyl groups is 2. The molecule has 2 aromatic heterocycles. The van der Waals surface area contributed by atoms with Gasteiger partial charge in [-0.05, 0) is 124 Å². The van der Waals surface area contributed by atoms with E-state index in [1.165, 1.54) is 33.4 Å². The van der Waals surface area contributed by atoms with Crippen LogP contribution >= 0.6 is 22.7 Å². The van der Waals surface area contributed by atoms with Gasteiger partial charge in [0.2, 0.25) is 0 Å². The monoisotopic (exact) mass is 614 g/mol. The molecule has 1 aliphatic rings. The minimum Gasteiger partial charge on any atom is -0.507 e. The highest BCUT2D eigenvalue weighted by Gasteiger charge is 2.48. The van der Waals surface area contributed by atoms with E-state index in [1.54, 1.807) is 22.7 Å². The molecule has 8 aromatic rings. The molecule has 0 amide bonds. The van der Waals surface area contributed by atoms with Crippen molar-refractivity contribution < 1.29 is 10.2 Å². The predicted octanol–water partition coefficient (Wildman–Crippen LogP) is 11.2. The molecule has 214 valence electrons. The molecule has 0 atom stereocenters. The van der Waals surface area contributed by atoms with Gasteiger partial charge in [0.15, 0.2) is 0 Å². The summed E-state index contributed by atoms with van der Waals surface area (Å²) in [5, 5.41) is 34.5. The number of thiophene rings is 2. The molecule has 2 N–H and O–H groups in total. The fourth-order valence-electron chi connectivity index (χ4n) is 7.49. The number of phenolic OH excluding ortho intramolecular Hbond substituents is 2. The van der Waals surface area contributed by atoms with Crippen LogP contribution in [0.4, 0.5) is 0 Å². The minimum atomic E-state index is -0.761. The van der Waals surface area contributed by atoms with Crippen LogP contribution in [0.3, 0.4) is 0 Å². The topological polar surface area (TPSA) is 40.5 Å². The van der Waals surface area contributed by atoms with Crippen LogP contribution in [0.1, 0.15) is 22.3 Å². The number of rotatable bonds is 4. The van der Waals surface area contributed by atoms with Crippen molar-refractivity contribution in [3.63, 3.8) is 0 Å². The lowest BCUT2D eigenvalue weighted by Gasteiger charge is -2.36. The second kappa shape index (κ2) is 9.93. The lowest BCUT2D eigenvalue weighted by atomic mass is 9.65. The predicted molar refractivity (Wildman–Crippen MR) is 189 cm³/mol.